The van der Waals surface area contributed by atoms with Crippen LogP contribution in [0.25, 0.3) is 0 Å². The number of para-hydroxylation sites is 1. The predicted octanol–water partition coefficient (Wildman–Crippen LogP) is 4.23. The Kier molecular flexibility index (Phi) is 7.97. The van der Waals surface area contributed by atoms with Gasteiger partial charge >= 0.3 is 5.97 Å². The van der Waals surface area contributed by atoms with Gasteiger partial charge in [-0.25, -0.2) is 4.79 Å². The van der Waals surface area contributed by atoms with Crippen LogP contribution in [0.15, 0.2) is 76.2 Å². The molecule has 0 fully saturated rings. The Morgan fingerprint density at radius 1 is 1.03 bits per heavy atom. The molecular formula is C23H23NO5S. The number of rotatable bonds is 10. The first-order chi connectivity index (χ1) is 14.6. The van der Waals surface area contributed by atoms with E-state index in [4.69, 9.17) is 13.9 Å². The largest absolute Gasteiger partial charge is 0.489 e. The third kappa shape index (κ3) is 6.70. The zero-order chi connectivity index (χ0) is 21.2. The second-order valence-electron chi connectivity index (χ2n) is 6.46. The summed E-state index contributed by atoms with van der Waals surface area (Å²) < 4.78 is 15.9. The molecule has 0 aliphatic rings. The molecule has 0 aliphatic carbocycles. The summed E-state index contributed by atoms with van der Waals surface area (Å²) in [6.07, 6.45) is 1.39. The maximum absolute atomic E-state index is 12.2. The molecule has 0 atom stereocenters. The van der Waals surface area contributed by atoms with Crippen molar-refractivity contribution in [2.75, 3.05) is 18.9 Å². The molecule has 1 amide bonds. The molecule has 156 valence electrons. The van der Waals surface area contributed by atoms with E-state index in [9.17, 15) is 9.59 Å². The first-order valence-corrected chi connectivity index (χ1v) is 10.5. The average Bonchev–Trinajstić information content (AvgIpc) is 3.24. The molecule has 2 aromatic carbocycles. The van der Waals surface area contributed by atoms with Gasteiger partial charge in [0.25, 0.3) is 5.91 Å². The van der Waals surface area contributed by atoms with Crippen molar-refractivity contribution in [3.8, 4) is 5.75 Å². The van der Waals surface area contributed by atoms with E-state index in [1.54, 1.807) is 17.8 Å². The second kappa shape index (κ2) is 11.1. The van der Waals surface area contributed by atoms with Gasteiger partial charge in [-0.1, -0.05) is 35.9 Å². The molecule has 0 saturated heterocycles. The van der Waals surface area contributed by atoms with Crippen molar-refractivity contribution >= 4 is 23.6 Å². The van der Waals surface area contributed by atoms with E-state index < -0.39 is 5.97 Å². The van der Waals surface area contributed by atoms with Crippen molar-refractivity contribution in [3.63, 3.8) is 0 Å². The summed E-state index contributed by atoms with van der Waals surface area (Å²) in [4.78, 5) is 25.3. The van der Waals surface area contributed by atoms with Crippen molar-refractivity contribution in [3.05, 3.63) is 83.8 Å². The van der Waals surface area contributed by atoms with Gasteiger partial charge in [-0.05, 0) is 37.3 Å². The zero-order valence-electron chi connectivity index (χ0n) is 16.6. The van der Waals surface area contributed by atoms with Gasteiger partial charge in [-0.2, -0.15) is 0 Å². The lowest BCUT2D eigenvalue weighted by Crippen LogP contribution is -2.30. The second-order valence-corrected chi connectivity index (χ2v) is 7.63. The summed E-state index contributed by atoms with van der Waals surface area (Å²) in [6, 6.07) is 19.1. The summed E-state index contributed by atoms with van der Waals surface area (Å²) in [5, 5.41) is 2.73. The standard InChI is InChI=1S/C23H23NO5S/c1-17-7-9-20(10-8-17)30-14-12-24-21(25)16-29-23(26)22-18(11-13-27-22)15-28-19-5-3-2-4-6-19/h2-11,13H,12,14-16H2,1H3,(H,24,25). The Morgan fingerprint density at radius 2 is 1.80 bits per heavy atom. The van der Waals surface area contributed by atoms with Crippen LogP contribution in [0, 0.1) is 6.92 Å². The molecule has 0 aliphatic heterocycles. The molecule has 6 nitrogen and oxygen atoms in total. The molecule has 0 spiro atoms. The van der Waals surface area contributed by atoms with Gasteiger partial charge in [0.05, 0.1) is 6.26 Å². The number of furan rings is 1. The van der Waals surface area contributed by atoms with Gasteiger partial charge in [-0.3, -0.25) is 4.79 Å². The number of hydrogen-bond donors (Lipinski definition) is 1. The molecule has 7 heteroatoms. The van der Waals surface area contributed by atoms with Gasteiger partial charge in [0.15, 0.2) is 6.61 Å². The van der Waals surface area contributed by atoms with E-state index in [0.717, 1.165) is 10.6 Å². The number of carbonyl (C=O) groups excluding carboxylic acids is 2. The Bertz CT molecular complexity index is 953. The number of aryl methyl sites for hydroxylation is 1. The Balaban J connectivity index is 1.37. The number of hydrogen-bond acceptors (Lipinski definition) is 6. The number of thioether (sulfide) groups is 1. The third-order valence-corrected chi connectivity index (χ3v) is 5.13. The van der Waals surface area contributed by atoms with Crippen molar-refractivity contribution in [2.24, 2.45) is 0 Å². The number of amides is 1. The molecule has 30 heavy (non-hydrogen) atoms. The highest BCUT2D eigenvalue weighted by Crippen LogP contribution is 2.18. The monoisotopic (exact) mass is 425 g/mol. The maximum atomic E-state index is 12.2. The van der Waals surface area contributed by atoms with Crippen LogP contribution >= 0.6 is 11.8 Å². The molecule has 1 heterocycles. The van der Waals surface area contributed by atoms with Crippen LogP contribution in [-0.4, -0.2) is 30.8 Å². The van der Waals surface area contributed by atoms with Gasteiger partial charge < -0.3 is 19.2 Å². The fourth-order valence-electron chi connectivity index (χ4n) is 2.55. The summed E-state index contributed by atoms with van der Waals surface area (Å²) in [5.74, 6) is 0.383. The molecule has 1 aromatic heterocycles. The van der Waals surface area contributed by atoms with Crippen molar-refractivity contribution in [1.29, 1.82) is 0 Å². The quantitative estimate of drug-likeness (QED) is 0.298. The van der Waals surface area contributed by atoms with Crippen molar-refractivity contribution in [1.82, 2.24) is 5.32 Å². The van der Waals surface area contributed by atoms with E-state index in [1.165, 1.54) is 11.8 Å². The first-order valence-electron chi connectivity index (χ1n) is 9.49. The normalized spacial score (nSPS) is 10.4. The fourth-order valence-corrected chi connectivity index (χ4v) is 3.32. The minimum atomic E-state index is -0.698. The topological polar surface area (TPSA) is 77.8 Å². The predicted molar refractivity (Wildman–Crippen MR) is 115 cm³/mol. The van der Waals surface area contributed by atoms with Gasteiger partial charge in [0.1, 0.15) is 12.4 Å². The molecule has 3 aromatic rings. The molecule has 0 radical (unpaired) electrons. The summed E-state index contributed by atoms with van der Waals surface area (Å²) in [6.45, 7) is 2.31. The Hall–Kier alpha value is -3.19. The number of esters is 1. The first kappa shape index (κ1) is 21.5. The molecule has 0 bridgehead atoms. The van der Waals surface area contributed by atoms with Crippen LogP contribution < -0.4 is 10.1 Å². The van der Waals surface area contributed by atoms with E-state index in [0.29, 0.717) is 17.9 Å². The molecule has 0 saturated carbocycles. The summed E-state index contributed by atoms with van der Waals surface area (Å²) in [5.41, 5.74) is 1.76. The van der Waals surface area contributed by atoms with Crippen LogP contribution in [0.2, 0.25) is 0 Å². The van der Waals surface area contributed by atoms with Gasteiger partial charge in [0, 0.05) is 22.8 Å². The third-order valence-electron chi connectivity index (χ3n) is 4.12. The van der Waals surface area contributed by atoms with Crippen molar-refractivity contribution < 1.29 is 23.5 Å². The molecule has 0 unspecified atom stereocenters. The number of ether oxygens (including phenoxy) is 2. The summed E-state index contributed by atoms with van der Waals surface area (Å²) in [7, 11) is 0. The highest BCUT2D eigenvalue weighted by Gasteiger charge is 2.18. The summed E-state index contributed by atoms with van der Waals surface area (Å²) >= 11 is 1.65. The van der Waals surface area contributed by atoms with Gasteiger partial charge in [-0.15, -0.1) is 11.8 Å². The van der Waals surface area contributed by atoms with Crippen LogP contribution in [0.4, 0.5) is 0 Å². The lowest BCUT2D eigenvalue weighted by molar-refractivity contribution is -0.124. The number of carbonyl (C=O) groups is 2. The van der Waals surface area contributed by atoms with Crippen LogP contribution in [-0.2, 0) is 16.1 Å². The fraction of sp³-hybridized carbons (Fsp3) is 0.217. The van der Waals surface area contributed by atoms with Crippen LogP contribution in [0.5, 0.6) is 5.75 Å². The zero-order valence-corrected chi connectivity index (χ0v) is 17.4. The highest BCUT2D eigenvalue weighted by molar-refractivity contribution is 7.99. The lowest BCUT2D eigenvalue weighted by atomic mass is 10.2. The molecule has 1 N–H and O–H groups in total. The minimum absolute atomic E-state index is 0.0358. The van der Waals surface area contributed by atoms with Crippen molar-refractivity contribution in [2.45, 2.75) is 18.4 Å². The number of benzene rings is 2. The Morgan fingerprint density at radius 3 is 2.57 bits per heavy atom. The molecular weight excluding hydrogens is 402 g/mol. The van der Waals surface area contributed by atoms with E-state index in [-0.39, 0.29) is 24.9 Å². The van der Waals surface area contributed by atoms with E-state index >= 15 is 0 Å². The molecule has 3 rings (SSSR count). The Labute approximate surface area is 179 Å². The smallest absolute Gasteiger partial charge is 0.375 e. The maximum Gasteiger partial charge on any atom is 0.375 e. The lowest BCUT2D eigenvalue weighted by Gasteiger charge is -2.08. The van der Waals surface area contributed by atoms with Gasteiger partial charge in [0.2, 0.25) is 5.76 Å². The van der Waals surface area contributed by atoms with E-state index in [1.807, 2.05) is 61.5 Å². The van der Waals surface area contributed by atoms with E-state index in [2.05, 4.69) is 5.32 Å². The SMILES string of the molecule is Cc1ccc(SCCNC(=O)COC(=O)c2occc2COc2ccccc2)cc1. The van der Waals surface area contributed by atoms with Crippen LogP contribution in [0.3, 0.4) is 0 Å². The number of nitrogens with one attached hydrogen (secondary N) is 1. The average molecular weight is 426 g/mol. The minimum Gasteiger partial charge on any atom is -0.489 e. The highest BCUT2D eigenvalue weighted by atomic mass is 32.2. The van der Waals surface area contributed by atoms with Crippen LogP contribution in [0.1, 0.15) is 21.7 Å².